The minimum absolute atomic E-state index is 0.0559. The first-order valence-electron chi connectivity index (χ1n) is 9.05. The Labute approximate surface area is 158 Å². The fourth-order valence-corrected chi connectivity index (χ4v) is 3.28. The SMILES string of the molecule is C[C@@H]1CN(C(=O)COC(=O)CN2C(=O)CCOc3ccccc32)C[C@@H](C)O1. The van der Waals surface area contributed by atoms with Gasteiger partial charge in [0.2, 0.25) is 5.91 Å². The summed E-state index contributed by atoms with van der Waals surface area (Å²) in [5.41, 5.74) is 0.527. The van der Waals surface area contributed by atoms with Crippen LogP contribution in [0.25, 0.3) is 0 Å². The van der Waals surface area contributed by atoms with Crippen molar-refractivity contribution in [3.8, 4) is 5.75 Å². The fourth-order valence-electron chi connectivity index (χ4n) is 3.28. The third kappa shape index (κ3) is 4.77. The Bertz CT molecular complexity index is 712. The lowest BCUT2D eigenvalue weighted by Gasteiger charge is -2.35. The van der Waals surface area contributed by atoms with E-state index in [1.165, 1.54) is 4.90 Å². The Morgan fingerprint density at radius 1 is 1.19 bits per heavy atom. The zero-order chi connectivity index (χ0) is 19.4. The van der Waals surface area contributed by atoms with E-state index in [1.807, 2.05) is 13.8 Å². The minimum atomic E-state index is -0.636. The molecule has 1 fully saturated rings. The number of esters is 1. The second kappa shape index (κ2) is 8.39. The zero-order valence-corrected chi connectivity index (χ0v) is 15.6. The first kappa shape index (κ1) is 19.2. The van der Waals surface area contributed by atoms with Crippen molar-refractivity contribution in [2.24, 2.45) is 0 Å². The van der Waals surface area contributed by atoms with Gasteiger partial charge >= 0.3 is 5.97 Å². The normalized spacial score (nSPS) is 22.5. The first-order chi connectivity index (χ1) is 12.9. The van der Waals surface area contributed by atoms with Crippen LogP contribution in [0.1, 0.15) is 20.3 Å². The number of amides is 2. The fraction of sp³-hybridized carbons (Fsp3) is 0.526. The number of benzene rings is 1. The molecule has 8 nitrogen and oxygen atoms in total. The summed E-state index contributed by atoms with van der Waals surface area (Å²) in [6.07, 6.45) is 0.0593. The van der Waals surface area contributed by atoms with Crippen LogP contribution in [0.5, 0.6) is 5.75 Å². The number of para-hydroxylation sites is 2. The molecular formula is C19H24N2O6. The van der Waals surface area contributed by atoms with Gasteiger partial charge in [0.15, 0.2) is 6.61 Å². The summed E-state index contributed by atoms with van der Waals surface area (Å²) in [6, 6.07) is 7.03. The van der Waals surface area contributed by atoms with Gasteiger partial charge in [-0.2, -0.15) is 0 Å². The maximum atomic E-state index is 12.3. The molecule has 2 amide bonds. The molecule has 2 heterocycles. The first-order valence-corrected chi connectivity index (χ1v) is 9.05. The monoisotopic (exact) mass is 376 g/mol. The third-order valence-electron chi connectivity index (χ3n) is 4.45. The summed E-state index contributed by atoms with van der Waals surface area (Å²) >= 11 is 0. The van der Waals surface area contributed by atoms with Crippen LogP contribution in [0.4, 0.5) is 5.69 Å². The predicted octanol–water partition coefficient (Wildman–Crippen LogP) is 0.981. The van der Waals surface area contributed by atoms with E-state index in [0.717, 1.165) is 0 Å². The number of ether oxygens (including phenoxy) is 3. The van der Waals surface area contributed by atoms with Crippen LogP contribution < -0.4 is 9.64 Å². The number of morpholine rings is 1. The highest BCUT2D eigenvalue weighted by Gasteiger charge is 2.28. The highest BCUT2D eigenvalue weighted by Crippen LogP contribution is 2.30. The standard InChI is InChI=1S/C19H24N2O6/c1-13-9-20(10-14(2)27-13)18(23)12-26-19(24)11-21-15-5-3-4-6-16(15)25-8-7-17(21)22/h3-6,13-14H,7-12H2,1-2H3/t13-,14-/m1/s1. The van der Waals surface area contributed by atoms with Gasteiger partial charge in [0, 0.05) is 13.1 Å². The molecule has 0 aliphatic carbocycles. The molecule has 0 saturated carbocycles. The Kier molecular flexibility index (Phi) is 5.95. The van der Waals surface area contributed by atoms with Gasteiger partial charge in [0.1, 0.15) is 12.3 Å². The van der Waals surface area contributed by atoms with Crippen LogP contribution in [-0.2, 0) is 23.9 Å². The molecule has 0 radical (unpaired) electrons. The van der Waals surface area contributed by atoms with Crippen LogP contribution >= 0.6 is 0 Å². The Balaban J connectivity index is 1.57. The van der Waals surface area contributed by atoms with Crippen LogP contribution in [0.3, 0.4) is 0 Å². The number of fused-ring (bicyclic) bond motifs is 1. The van der Waals surface area contributed by atoms with E-state index < -0.39 is 5.97 Å². The second-order valence-electron chi connectivity index (χ2n) is 6.76. The third-order valence-corrected chi connectivity index (χ3v) is 4.45. The zero-order valence-electron chi connectivity index (χ0n) is 15.6. The molecular weight excluding hydrogens is 352 g/mol. The average Bonchev–Trinajstić information content (AvgIpc) is 2.78. The minimum Gasteiger partial charge on any atom is -0.491 e. The maximum absolute atomic E-state index is 12.3. The largest absolute Gasteiger partial charge is 0.491 e. The van der Waals surface area contributed by atoms with Gasteiger partial charge in [-0.25, -0.2) is 0 Å². The predicted molar refractivity (Wildman–Crippen MR) is 96.5 cm³/mol. The molecule has 8 heteroatoms. The molecule has 3 rings (SSSR count). The molecule has 1 aromatic rings. The van der Waals surface area contributed by atoms with Gasteiger partial charge in [-0.3, -0.25) is 19.3 Å². The van der Waals surface area contributed by atoms with Crippen molar-refractivity contribution in [3.05, 3.63) is 24.3 Å². The summed E-state index contributed by atoms with van der Waals surface area (Å²) in [7, 11) is 0. The Morgan fingerprint density at radius 3 is 2.63 bits per heavy atom. The van der Waals surface area contributed by atoms with Crippen molar-refractivity contribution >= 4 is 23.5 Å². The van der Waals surface area contributed by atoms with E-state index in [-0.39, 0.29) is 50.2 Å². The van der Waals surface area contributed by atoms with Crippen molar-refractivity contribution in [2.45, 2.75) is 32.5 Å². The van der Waals surface area contributed by atoms with Gasteiger partial charge in [0.25, 0.3) is 5.91 Å². The molecule has 146 valence electrons. The molecule has 1 aromatic carbocycles. The van der Waals surface area contributed by atoms with E-state index in [2.05, 4.69) is 0 Å². The molecule has 2 atom stereocenters. The number of carbonyl (C=O) groups excluding carboxylic acids is 3. The van der Waals surface area contributed by atoms with Crippen LogP contribution in [0, 0.1) is 0 Å². The van der Waals surface area contributed by atoms with Gasteiger partial charge in [-0.1, -0.05) is 12.1 Å². The molecule has 0 N–H and O–H groups in total. The highest BCUT2D eigenvalue weighted by atomic mass is 16.5. The average molecular weight is 376 g/mol. The number of anilines is 1. The van der Waals surface area contributed by atoms with E-state index in [1.54, 1.807) is 29.2 Å². The van der Waals surface area contributed by atoms with E-state index in [0.29, 0.717) is 24.5 Å². The van der Waals surface area contributed by atoms with E-state index in [9.17, 15) is 14.4 Å². The number of carbonyl (C=O) groups is 3. The highest BCUT2D eigenvalue weighted by molar-refractivity contribution is 5.99. The summed E-state index contributed by atoms with van der Waals surface area (Å²) in [4.78, 5) is 39.8. The van der Waals surface area contributed by atoms with Crippen molar-refractivity contribution in [1.29, 1.82) is 0 Å². The van der Waals surface area contributed by atoms with Gasteiger partial charge in [-0.05, 0) is 26.0 Å². The smallest absolute Gasteiger partial charge is 0.326 e. The van der Waals surface area contributed by atoms with Crippen molar-refractivity contribution in [3.63, 3.8) is 0 Å². The molecule has 0 bridgehead atoms. The van der Waals surface area contributed by atoms with Crippen LogP contribution in [0.2, 0.25) is 0 Å². The van der Waals surface area contributed by atoms with E-state index >= 15 is 0 Å². The lowest BCUT2D eigenvalue weighted by atomic mass is 10.2. The maximum Gasteiger partial charge on any atom is 0.326 e. The van der Waals surface area contributed by atoms with Crippen molar-refractivity contribution < 1.29 is 28.6 Å². The number of rotatable bonds is 4. The summed E-state index contributed by atoms with van der Waals surface area (Å²) < 4.78 is 16.3. The molecule has 2 aliphatic rings. The van der Waals surface area contributed by atoms with Crippen molar-refractivity contribution in [1.82, 2.24) is 4.90 Å². The lowest BCUT2D eigenvalue weighted by molar-refractivity contribution is -0.156. The summed E-state index contributed by atoms with van der Waals surface area (Å²) in [5.74, 6) is -0.582. The quantitative estimate of drug-likeness (QED) is 0.729. The number of hydrogen-bond donors (Lipinski definition) is 0. The Hall–Kier alpha value is -2.61. The molecule has 0 aromatic heterocycles. The second-order valence-corrected chi connectivity index (χ2v) is 6.76. The van der Waals surface area contributed by atoms with E-state index in [4.69, 9.17) is 14.2 Å². The number of hydrogen-bond acceptors (Lipinski definition) is 6. The van der Waals surface area contributed by atoms with Crippen molar-refractivity contribution in [2.75, 3.05) is 37.7 Å². The summed E-state index contributed by atoms with van der Waals surface area (Å²) in [5, 5.41) is 0. The number of nitrogens with zero attached hydrogens (tertiary/aromatic N) is 2. The lowest BCUT2D eigenvalue weighted by Crippen LogP contribution is -2.49. The van der Waals surface area contributed by atoms with Gasteiger partial charge < -0.3 is 19.1 Å². The Morgan fingerprint density at radius 2 is 1.89 bits per heavy atom. The van der Waals surface area contributed by atoms with Gasteiger partial charge in [-0.15, -0.1) is 0 Å². The molecule has 0 unspecified atom stereocenters. The molecule has 1 saturated heterocycles. The van der Waals surface area contributed by atoms with Crippen LogP contribution in [-0.4, -0.2) is 67.7 Å². The summed E-state index contributed by atoms with van der Waals surface area (Å²) in [6.45, 7) is 4.37. The topological polar surface area (TPSA) is 85.4 Å². The van der Waals surface area contributed by atoms with Gasteiger partial charge in [0.05, 0.1) is 30.9 Å². The molecule has 2 aliphatic heterocycles. The molecule has 0 spiro atoms. The molecule has 27 heavy (non-hydrogen) atoms. The van der Waals surface area contributed by atoms with Crippen LogP contribution in [0.15, 0.2) is 24.3 Å².